The van der Waals surface area contributed by atoms with Crippen LogP contribution in [-0.4, -0.2) is 49.3 Å². The Bertz CT molecular complexity index is 501. The number of anilines is 1. The van der Waals surface area contributed by atoms with Gasteiger partial charge < -0.3 is 25.8 Å². The second-order valence-corrected chi connectivity index (χ2v) is 4.42. The molecule has 0 saturated carbocycles. The minimum Gasteiger partial charge on any atom is -0.394 e. The van der Waals surface area contributed by atoms with E-state index < -0.39 is 36.3 Å². The minimum absolute atomic E-state index is 0.0492. The van der Waals surface area contributed by atoms with E-state index in [1.54, 1.807) is 0 Å². The summed E-state index contributed by atoms with van der Waals surface area (Å²) in [6.07, 6.45) is -2.09. The number of aliphatic hydroxyl groups is 3. The minimum atomic E-state index is -1.71. The fourth-order valence-corrected chi connectivity index (χ4v) is 1.99. The first kappa shape index (κ1) is 13.0. The summed E-state index contributed by atoms with van der Waals surface area (Å²) < 4.78 is 6.30. The SMILES string of the molecule is C[C@@]1(O)[C@@H](n2ccc(N)nc2=O)O[C@H](CO)[C@@H]1O. The van der Waals surface area contributed by atoms with Crippen molar-refractivity contribution in [1.82, 2.24) is 9.55 Å². The molecular weight excluding hydrogens is 242 g/mol. The first-order valence-electron chi connectivity index (χ1n) is 5.39. The molecule has 8 heteroatoms. The normalized spacial score (nSPS) is 35.9. The molecule has 0 radical (unpaired) electrons. The number of nitrogen functional groups attached to an aromatic ring is 1. The van der Waals surface area contributed by atoms with Crippen LogP contribution in [0.1, 0.15) is 13.2 Å². The number of aliphatic hydroxyl groups excluding tert-OH is 2. The molecule has 5 N–H and O–H groups in total. The summed E-state index contributed by atoms with van der Waals surface area (Å²) in [6.45, 7) is 0.853. The van der Waals surface area contributed by atoms with E-state index in [1.165, 1.54) is 19.2 Å². The first-order valence-corrected chi connectivity index (χ1v) is 5.39. The zero-order valence-corrected chi connectivity index (χ0v) is 9.72. The number of nitrogens with zero attached hydrogens (tertiary/aromatic N) is 2. The third kappa shape index (κ3) is 1.89. The van der Waals surface area contributed by atoms with Crippen LogP contribution in [0.2, 0.25) is 0 Å². The standard InChI is InChI=1S/C10H15N3O5/c1-10(17)7(15)5(4-14)18-8(10)13-3-2-6(11)12-9(13)16/h2-3,5,7-8,14-15,17H,4H2,1H3,(H2,11,12,16)/t5-,7+,8+,10+/m1/s1. The maximum absolute atomic E-state index is 11.7. The number of rotatable bonds is 2. The van der Waals surface area contributed by atoms with Gasteiger partial charge in [0.15, 0.2) is 6.23 Å². The molecule has 1 aliphatic rings. The van der Waals surface area contributed by atoms with E-state index >= 15 is 0 Å². The summed E-state index contributed by atoms with van der Waals surface area (Å²) in [5, 5.41) is 29.0. The smallest absolute Gasteiger partial charge is 0.351 e. The first-order chi connectivity index (χ1) is 8.37. The molecule has 2 rings (SSSR count). The van der Waals surface area contributed by atoms with Gasteiger partial charge in [0.05, 0.1) is 6.61 Å². The van der Waals surface area contributed by atoms with E-state index in [2.05, 4.69) is 4.98 Å². The average molecular weight is 257 g/mol. The maximum Gasteiger partial charge on any atom is 0.351 e. The van der Waals surface area contributed by atoms with Crippen molar-refractivity contribution in [3.8, 4) is 0 Å². The molecule has 1 aromatic rings. The van der Waals surface area contributed by atoms with Crippen LogP contribution in [-0.2, 0) is 4.74 Å². The molecule has 18 heavy (non-hydrogen) atoms. The Morgan fingerprint density at radius 2 is 2.33 bits per heavy atom. The fourth-order valence-electron chi connectivity index (χ4n) is 1.99. The lowest BCUT2D eigenvalue weighted by Gasteiger charge is -2.27. The van der Waals surface area contributed by atoms with Crippen molar-refractivity contribution >= 4 is 5.82 Å². The lowest BCUT2D eigenvalue weighted by molar-refractivity contribution is -0.0986. The van der Waals surface area contributed by atoms with E-state index in [4.69, 9.17) is 15.6 Å². The van der Waals surface area contributed by atoms with Crippen LogP contribution in [0.5, 0.6) is 0 Å². The Kier molecular flexibility index (Phi) is 3.11. The Labute approximate surface area is 102 Å². The van der Waals surface area contributed by atoms with E-state index in [0.29, 0.717) is 0 Å². The lowest BCUT2D eigenvalue weighted by atomic mass is 9.96. The third-order valence-corrected chi connectivity index (χ3v) is 3.04. The molecule has 1 saturated heterocycles. The summed E-state index contributed by atoms with van der Waals surface area (Å²) in [4.78, 5) is 15.2. The number of nitrogens with two attached hydrogens (primary N) is 1. The van der Waals surface area contributed by atoms with Crippen LogP contribution in [0, 0.1) is 0 Å². The van der Waals surface area contributed by atoms with Crippen LogP contribution in [0.3, 0.4) is 0 Å². The molecule has 0 aromatic carbocycles. The Balaban J connectivity index is 2.42. The second kappa shape index (κ2) is 4.32. The molecular formula is C10H15N3O5. The zero-order chi connectivity index (χ0) is 13.5. The van der Waals surface area contributed by atoms with E-state index in [-0.39, 0.29) is 5.82 Å². The van der Waals surface area contributed by atoms with Gasteiger partial charge in [-0.1, -0.05) is 0 Å². The zero-order valence-electron chi connectivity index (χ0n) is 9.72. The molecule has 100 valence electrons. The van der Waals surface area contributed by atoms with Gasteiger partial charge in [0.2, 0.25) is 0 Å². The Morgan fingerprint density at radius 3 is 2.83 bits per heavy atom. The van der Waals surface area contributed by atoms with Gasteiger partial charge in [-0.05, 0) is 13.0 Å². The van der Waals surface area contributed by atoms with Gasteiger partial charge in [-0.3, -0.25) is 4.57 Å². The van der Waals surface area contributed by atoms with Crippen LogP contribution in [0.4, 0.5) is 5.82 Å². The molecule has 1 fully saturated rings. The molecule has 0 unspecified atom stereocenters. The van der Waals surface area contributed by atoms with Crippen molar-refractivity contribution in [2.75, 3.05) is 12.3 Å². The van der Waals surface area contributed by atoms with Crippen molar-refractivity contribution in [1.29, 1.82) is 0 Å². The number of ether oxygens (including phenoxy) is 1. The molecule has 0 amide bonds. The maximum atomic E-state index is 11.7. The quantitative estimate of drug-likeness (QED) is 0.474. The number of hydrogen-bond acceptors (Lipinski definition) is 7. The lowest BCUT2D eigenvalue weighted by Crippen LogP contribution is -2.46. The summed E-state index contributed by atoms with van der Waals surface area (Å²) in [5.41, 5.74) is 2.94. The highest BCUT2D eigenvalue weighted by molar-refractivity contribution is 5.23. The van der Waals surface area contributed by atoms with E-state index in [1.807, 2.05) is 0 Å². The summed E-state index contributed by atoms with van der Waals surface area (Å²) >= 11 is 0. The molecule has 2 heterocycles. The molecule has 4 atom stereocenters. The summed E-state index contributed by atoms with van der Waals surface area (Å²) in [6, 6.07) is 1.37. The van der Waals surface area contributed by atoms with Crippen molar-refractivity contribution in [2.45, 2.75) is 31.0 Å². The highest BCUT2D eigenvalue weighted by Crippen LogP contribution is 2.37. The van der Waals surface area contributed by atoms with Crippen molar-refractivity contribution in [2.24, 2.45) is 0 Å². The predicted octanol–water partition coefficient (Wildman–Crippen LogP) is -2.17. The highest BCUT2D eigenvalue weighted by atomic mass is 16.6. The highest BCUT2D eigenvalue weighted by Gasteiger charge is 2.53. The number of hydrogen-bond donors (Lipinski definition) is 4. The Hall–Kier alpha value is -1.48. The molecule has 0 aliphatic carbocycles. The van der Waals surface area contributed by atoms with E-state index in [0.717, 1.165) is 4.57 Å². The molecule has 0 bridgehead atoms. The molecule has 1 aliphatic heterocycles. The van der Waals surface area contributed by atoms with Gasteiger partial charge in [0, 0.05) is 6.20 Å². The predicted molar refractivity (Wildman–Crippen MR) is 60.5 cm³/mol. The van der Waals surface area contributed by atoms with Gasteiger partial charge in [-0.25, -0.2) is 4.79 Å². The summed E-state index contributed by atoms with van der Waals surface area (Å²) in [5.74, 6) is 0.0492. The van der Waals surface area contributed by atoms with Gasteiger partial charge >= 0.3 is 5.69 Å². The largest absolute Gasteiger partial charge is 0.394 e. The Morgan fingerprint density at radius 1 is 1.67 bits per heavy atom. The van der Waals surface area contributed by atoms with Crippen LogP contribution < -0.4 is 11.4 Å². The number of aromatic nitrogens is 2. The van der Waals surface area contributed by atoms with Gasteiger partial charge in [0.1, 0.15) is 23.6 Å². The molecule has 0 spiro atoms. The monoisotopic (exact) mass is 257 g/mol. The fraction of sp³-hybridized carbons (Fsp3) is 0.600. The van der Waals surface area contributed by atoms with Crippen molar-refractivity contribution < 1.29 is 20.1 Å². The van der Waals surface area contributed by atoms with Gasteiger partial charge in [-0.15, -0.1) is 0 Å². The van der Waals surface area contributed by atoms with Crippen molar-refractivity contribution in [3.05, 3.63) is 22.7 Å². The van der Waals surface area contributed by atoms with Gasteiger partial charge in [0.25, 0.3) is 0 Å². The molecule has 1 aromatic heterocycles. The van der Waals surface area contributed by atoms with E-state index in [9.17, 15) is 15.0 Å². The summed E-state index contributed by atoms with van der Waals surface area (Å²) in [7, 11) is 0. The van der Waals surface area contributed by atoms with Crippen LogP contribution in [0.15, 0.2) is 17.1 Å². The van der Waals surface area contributed by atoms with Gasteiger partial charge in [-0.2, -0.15) is 4.98 Å². The molecule has 8 nitrogen and oxygen atoms in total. The van der Waals surface area contributed by atoms with Crippen molar-refractivity contribution in [3.63, 3.8) is 0 Å². The average Bonchev–Trinajstić information content (AvgIpc) is 2.52. The topological polar surface area (TPSA) is 131 Å². The van der Waals surface area contributed by atoms with Crippen LogP contribution in [0.25, 0.3) is 0 Å². The van der Waals surface area contributed by atoms with Crippen LogP contribution >= 0.6 is 0 Å². The third-order valence-electron chi connectivity index (χ3n) is 3.04. The second-order valence-electron chi connectivity index (χ2n) is 4.42.